The highest BCUT2D eigenvalue weighted by atomic mass is 35.5. The summed E-state index contributed by atoms with van der Waals surface area (Å²) < 4.78 is 5.39. The zero-order valence-corrected chi connectivity index (χ0v) is 16.4. The molecule has 4 rings (SSSR count). The Bertz CT molecular complexity index is 1120. The van der Waals surface area contributed by atoms with Crippen LogP contribution in [0.4, 0.5) is 11.4 Å². The summed E-state index contributed by atoms with van der Waals surface area (Å²) in [5, 5.41) is 8.36. The number of halogens is 1. The van der Waals surface area contributed by atoms with Crippen molar-refractivity contribution in [1.82, 2.24) is 20.1 Å². The van der Waals surface area contributed by atoms with Crippen LogP contribution in [0.2, 0.25) is 0 Å². The van der Waals surface area contributed by atoms with Gasteiger partial charge in [-0.3, -0.25) is 0 Å². The van der Waals surface area contributed by atoms with Crippen molar-refractivity contribution in [2.45, 2.75) is 27.7 Å². The number of hydrogen-bond donors (Lipinski definition) is 1. The fourth-order valence-electron chi connectivity index (χ4n) is 2.90. The quantitative estimate of drug-likeness (QED) is 0.533. The Morgan fingerprint density at radius 3 is 2.52 bits per heavy atom. The van der Waals surface area contributed by atoms with Gasteiger partial charge in [-0.25, -0.2) is 9.97 Å². The molecule has 0 aliphatic carbocycles. The molecule has 0 aliphatic rings. The highest BCUT2D eigenvalue weighted by Gasteiger charge is 2.17. The molecule has 0 unspecified atom stereocenters. The lowest BCUT2D eigenvalue weighted by Gasteiger charge is -2.15. The summed E-state index contributed by atoms with van der Waals surface area (Å²) in [5.74, 6) is 1.02. The fraction of sp³-hybridized carbons (Fsp3) is 0.200. The van der Waals surface area contributed by atoms with E-state index >= 15 is 0 Å². The summed E-state index contributed by atoms with van der Waals surface area (Å²) in [6.07, 6.45) is 1.73. The first-order valence-corrected chi connectivity index (χ1v) is 8.43. The molecule has 0 saturated carbocycles. The van der Waals surface area contributed by atoms with Gasteiger partial charge in [0.05, 0.1) is 11.3 Å². The van der Waals surface area contributed by atoms with Crippen molar-refractivity contribution >= 4 is 34.8 Å². The van der Waals surface area contributed by atoms with Crippen molar-refractivity contribution < 1.29 is 4.52 Å². The Labute approximate surface area is 163 Å². The summed E-state index contributed by atoms with van der Waals surface area (Å²) in [6.45, 7) is 7.94. The van der Waals surface area contributed by atoms with E-state index in [0.29, 0.717) is 17.4 Å². The van der Waals surface area contributed by atoms with Gasteiger partial charge in [-0.05, 0) is 57.0 Å². The molecule has 0 amide bonds. The van der Waals surface area contributed by atoms with Crippen molar-refractivity contribution in [2.24, 2.45) is 0 Å². The van der Waals surface area contributed by atoms with Gasteiger partial charge in [0, 0.05) is 23.0 Å². The van der Waals surface area contributed by atoms with E-state index < -0.39 is 0 Å². The molecule has 0 saturated heterocycles. The van der Waals surface area contributed by atoms with Crippen LogP contribution in [0.1, 0.15) is 22.6 Å². The van der Waals surface area contributed by atoms with Gasteiger partial charge in [-0.2, -0.15) is 4.98 Å². The fourth-order valence-corrected chi connectivity index (χ4v) is 2.90. The maximum atomic E-state index is 5.39. The molecule has 1 N–H and O–H groups in total. The highest BCUT2D eigenvalue weighted by molar-refractivity contribution is 5.98. The molecule has 3 heterocycles. The maximum absolute atomic E-state index is 5.39. The molecule has 7 heteroatoms. The molecule has 0 atom stereocenters. The number of anilines is 2. The van der Waals surface area contributed by atoms with Crippen LogP contribution in [0.3, 0.4) is 0 Å². The Hall–Kier alpha value is -2.99. The molecule has 0 spiro atoms. The van der Waals surface area contributed by atoms with Crippen LogP contribution in [-0.4, -0.2) is 20.1 Å². The lowest BCUT2D eigenvalue weighted by molar-refractivity contribution is 0.425. The molecule has 138 valence electrons. The number of nitrogens with zero attached hydrogens (tertiary/aromatic N) is 4. The van der Waals surface area contributed by atoms with E-state index in [1.165, 1.54) is 11.1 Å². The first-order chi connectivity index (χ1) is 12.5. The predicted octanol–water partition coefficient (Wildman–Crippen LogP) is 5.08. The maximum Gasteiger partial charge on any atom is 0.261 e. The molecule has 27 heavy (non-hydrogen) atoms. The number of rotatable bonds is 3. The predicted molar refractivity (Wildman–Crippen MR) is 109 cm³/mol. The zero-order chi connectivity index (χ0) is 18.3. The molecule has 0 aliphatic heterocycles. The van der Waals surface area contributed by atoms with E-state index in [2.05, 4.69) is 51.4 Å². The van der Waals surface area contributed by atoms with Crippen LogP contribution < -0.4 is 5.32 Å². The summed E-state index contributed by atoms with van der Waals surface area (Å²) in [6, 6.07) is 10.2. The van der Waals surface area contributed by atoms with Crippen LogP contribution in [0.5, 0.6) is 0 Å². The Kier molecular flexibility index (Phi) is 5.10. The average molecular weight is 382 g/mol. The van der Waals surface area contributed by atoms with Gasteiger partial charge in [-0.1, -0.05) is 17.3 Å². The number of benzene rings is 1. The molecule has 6 nitrogen and oxygen atoms in total. The normalized spacial score (nSPS) is 10.7. The van der Waals surface area contributed by atoms with Crippen LogP contribution in [0, 0.1) is 27.7 Å². The van der Waals surface area contributed by atoms with E-state index in [4.69, 9.17) is 4.52 Å². The van der Waals surface area contributed by atoms with Crippen LogP contribution >= 0.6 is 12.4 Å². The first-order valence-electron chi connectivity index (χ1n) is 8.43. The second-order valence-electron chi connectivity index (χ2n) is 6.39. The van der Waals surface area contributed by atoms with Crippen LogP contribution in [0.15, 0.2) is 41.1 Å². The van der Waals surface area contributed by atoms with E-state index in [1.54, 1.807) is 13.1 Å². The molecule has 4 aromatic rings. The topological polar surface area (TPSA) is 76.7 Å². The monoisotopic (exact) mass is 381 g/mol. The lowest BCUT2D eigenvalue weighted by Crippen LogP contribution is -2.00. The molecular weight excluding hydrogens is 362 g/mol. The molecule has 1 aromatic carbocycles. The number of aromatic nitrogens is 4. The van der Waals surface area contributed by atoms with Gasteiger partial charge >= 0.3 is 0 Å². The number of fused-ring (bicyclic) bond motifs is 1. The van der Waals surface area contributed by atoms with E-state index in [-0.39, 0.29) is 12.4 Å². The van der Waals surface area contributed by atoms with Crippen molar-refractivity contribution in [1.29, 1.82) is 0 Å². The number of aryl methyl sites for hydroxylation is 3. The molecule has 0 fully saturated rings. The minimum Gasteiger partial charge on any atom is -0.354 e. The van der Waals surface area contributed by atoms with Gasteiger partial charge in [0.2, 0.25) is 0 Å². The minimum atomic E-state index is 0. The zero-order valence-electron chi connectivity index (χ0n) is 15.6. The van der Waals surface area contributed by atoms with E-state index in [9.17, 15) is 0 Å². The van der Waals surface area contributed by atoms with E-state index in [1.807, 2.05) is 25.1 Å². The van der Waals surface area contributed by atoms with Crippen LogP contribution in [0.25, 0.3) is 22.5 Å². The first kappa shape index (κ1) is 18.8. The molecule has 0 bridgehead atoms. The van der Waals surface area contributed by atoms with Gasteiger partial charge in [0.15, 0.2) is 11.5 Å². The van der Waals surface area contributed by atoms with Crippen LogP contribution in [-0.2, 0) is 0 Å². The Morgan fingerprint density at radius 1 is 0.963 bits per heavy atom. The summed E-state index contributed by atoms with van der Waals surface area (Å²) >= 11 is 0. The third-order valence-corrected chi connectivity index (χ3v) is 4.49. The minimum absolute atomic E-state index is 0. The largest absolute Gasteiger partial charge is 0.354 e. The molecule has 0 radical (unpaired) electrons. The summed E-state index contributed by atoms with van der Waals surface area (Å²) in [4.78, 5) is 13.4. The lowest BCUT2D eigenvalue weighted by atomic mass is 10.1. The second kappa shape index (κ2) is 7.32. The number of pyridine rings is 2. The van der Waals surface area contributed by atoms with Gasteiger partial charge in [0.25, 0.3) is 5.89 Å². The van der Waals surface area contributed by atoms with Gasteiger partial charge < -0.3 is 9.84 Å². The molecule has 3 aromatic heterocycles. The second-order valence-corrected chi connectivity index (χ2v) is 6.39. The Balaban J connectivity index is 0.00000210. The van der Waals surface area contributed by atoms with Gasteiger partial charge in [-0.15, -0.1) is 12.4 Å². The Morgan fingerprint density at radius 2 is 1.78 bits per heavy atom. The standard InChI is InChI=1S/C20H19N5O.ClH/c1-11-6-5-7-17(13(11)3)24-18-15-9-8-12(2)22-19(15)21-10-16(18)20-23-14(4)25-26-20;/h5-10H,1-4H3,(H,21,22,24);1H. The number of hydrogen-bond acceptors (Lipinski definition) is 6. The smallest absolute Gasteiger partial charge is 0.261 e. The van der Waals surface area contributed by atoms with Crippen molar-refractivity contribution in [3.05, 3.63) is 59.2 Å². The third-order valence-electron chi connectivity index (χ3n) is 4.49. The van der Waals surface area contributed by atoms with E-state index in [0.717, 1.165) is 28.0 Å². The highest BCUT2D eigenvalue weighted by Crippen LogP contribution is 2.35. The van der Waals surface area contributed by atoms with Crippen molar-refractivity contribution in [3.8, 4) is 11.5 Å². The molecular formula is C20H20ClN5O. The SMILES string of the molecule is Cc1ccc2c(Nc3cccc(C)c3C)c(-c3nc(C)no3)cnc2n1.Cl. The van der Waals surface area contributed by atoms with Crippen molar-refractivity contribution in [3.63, 3.8) is 0 Å². The van der Waals surface area contributed by atoms with Crippen molar-refractivity contribution in [2.75, 3.05) is 5.32 Å². The summed E-state index contributed by atoms with van der Waals surface area (Å²) in [7, 11) is 0. The number of nitrogens with one attached hydrogen (secondary N) is 1. The summed E-state index contributed by atoms with van der Waals surface area (Å²) in [5.41, 5.74) is 6.64. The third kappa shape index (κ3) is 3.48. The van der Waals surface area contributed by atoms with Gasteiger partial charge in [0.1, 0.15) is 0 Å². The average Bonchev–Trinajstić information content (AvgIpc) is 3.05.